The summed E-state index contributed by atoms with van der Waals surface area (Å²) in [6.45, 7) is 8.74. The zero-order valence-corrected chi connectivity index (χ0v) is 16.2. The highest BCUT2D eigenvalue weighted by molar-refractivity contribution is 5.80. The number of ether oxygens (including phenoxy) is 2. The Morgan fingerprint density at radius 3 is 2.60 bits per heavy atom. The first kappa shape index (κ1) is 20.4. The van der Waals surface area contributed by atoms with Crippen LogP contribution in [0.15, 0.2) is 0 Å². The average molecular weight is 354 g/mol. The van der Waals surface area contributed by atoms with E-state index in [2.05, 4.69) is 20.8 Å². The van der Waals surface area contributed by atoms with Crippen molar-refractivity contribution in [2.75, 3.05) is 6.61 Å². The van der Waals surface area contributed by atoms with Gasteiger partial charge in [-0.3, -0.25) is 9.59 Å². The van der Waals surface area contributed by atoms with Gasteiger partial charge in [0.05, 0.1) is 24.7 Å². The minimum absolute atomic E-state index is 0.0148. The SMILES string of the molecule is CC(C)CCC(=O)C(C)CCC[C@]1(C)OC[C@]2(CC(=O)O)CC[C@H]1O2. The number of ketones is 1. The molecule has 2 aliphatic rings. The molecule has 2 fully saturated rings. The summed E-state index contributed by atoms with van der Waals surface area (Å²) in [5, 5.41) is 9.08. The summed E-state index contributed by atoms with van der Waals surface area (Å²) in [4.78, 5) is 23.2. The van der Waals surface area contributed by atoms with E-state index in [1.807, 2.05) is 6.92 Å². The average Bonchev–Trinajstić information content (AvgIpc) is 2.89. The van der Waals surface area contributed by atoms with Crippen molar-refractivity contribution in [3.63, 3.8) is 0 Å². The number of Topliss-reactive ketones (excluding diaryl/α,β-unsaturated/α-hetero) is 1. The molecule has 2 heterocycles. The Kier molecular flexibility index (Phi) is 6.66. The normalized spacial score (nSPS) is 32.8. The predicted octanol–water partition coefficient (Wildman–Crippen LogP) is 3.98. The molecule has 0 amide bonds. The summed E-state index contributed by atoms with van der Waals surface area (Å²) in [6.07, 6.45) is 5.88. The summed E-state index contributed by atoms with van der Waals surface area (Å²) in [5.41, 5.74) is -0.991. The fraction of sp³-hybridized carbons (Fsp3) is 0.900. The van der Waals surface area contributed by atoms with E-state index in [9.17, 15) is 9.59 Å². The van der Waals surface area contributed by atoms with Crippen molar-refractivity contribution in [3.05, 3.63) is 0 Å². The quantitative estimate of drug-likeness (QED) is 0.642. The summed E-state index contributed by atoms with van der Waals surface area (Å²) in [6, 6.07) is 0. The van der Waals surface area contributed by atoms with Gasteiger partial charge < -0.3 is 14.6 Å². The van der Waals surface area contributed by atoms with E-state index in [1.54, 1.807) is 0 Å². The second-order valence-corrected chi connectivity index (χ2v) is 8.69. The molecule has 0 radical (unpaired) electrons. The van der Waals surface area contributed by atoms with Crippen LogP contribution in [-0.4, -0.2) is 40.8 Å². The molecule has 2 aliphatic heterocycles. The topological polar surface area (TPSA) is 72.8 Å². The minimum atomic E-state index is -0.832. The van der Waals surface area contributed by atoms with Gasteiger partial charge in [0.2, 0.25) is 0 Å². The summed E-state index contributed by atoms with van der Waals surface area (Å²) < 4.78 is 12.2. The van der Waals surface area contributed by atoms with E-state index in [-0.39, 0.29) is 24.0 Å². The van der Waals surface area contributed by atoms with Crippen LogP contribution in [0.2, 0.25) is 0 Å². The van der Waals surface area contributed by atoms with Crippen LogP contribution in [0.3, 0.4) is 0 Å². The standard InChI is InChI=1S/C20H34O5/c1-14(2)7-8-16(21)15(3)6-5-10-19(4)17-9-11-20(25-17,13-24-19)12-18(22)23/h14-15,17H,5-13H2,1-4H3,(H,22,23)/t15?,17-,19+,20-/m1/s1. The Hall–Kier alpha value is -0.940. The van der Waals surface area contributed by atoms with E-state index in [0.717, 1.165) is 38.5 Å². The fourth-order valence-electron chi connectivity index (χ4n) is 4.03. The fourth-order valence-corrected chi connectivity index (χ4v) is 4.03. The highest BCUT2D eigenvalue weighted by Crippen LogP contribution is 2.46. The third kappa shape index (κ3) is 5.27. The van der Waals surface area contributed by atoms with Crippen LogP contribution in [0.25, 0.3) is 0 Å². The van der Waals surface area contributed by atoms with Crippen LogP contribution in [0, 0.1) is 11.8 Å². The van der Waals surface area contributed by atoms with E-state index in [4.69, 9.17) is 14.6 Å². The highest BCUT2D eigenvalue weighted by Gasteiger charge is 2.54. The summed E-state index contributed by atoms with van der Waals surface area (Å²) >= 11 is 0. The van der Waals surface area contributed by atoms with Gasteiger partial charge in [-0.05, 0) is 51.4 Å². The van der Waals surface area contributed by atoms with Gasteiger partial charge in [-0.25, -0.2) is 0 Å². The molecule has 0 aromatic heterocycles. The molecule has 4 atom stereocenters. The summed E-state index contributed by atoms with van der Waals surface area (Å²) in [5.74, 6) is 0.195. The molecule has 2 rings (SSSR count). The number of carbonyl (C=O) groups is 2. The summed E-state index contributed by atoms with van der Waals surface area (Å²) in [7, 11) is 0. The number of aliphatic carboxylic acids is 1. The van der Waals surface area contributed by atoms with Crippen molar-refractivity contribution in [2.45, 2.75) is 96.4 Å². The van der Waals surface area contributed by atoms with Crippen LogP contribution in [0.4, 0.5) is 0 Å². The Morgan fingerprint density at radius 2 is 1.96 bits per heavy atom. The molecular weight excluding hydrogens is 320 g/mol. The van der Waals surface area contributed by atoms with Crippen molar-refractivity contribution < 1.29 is 24.2 Å². The van der Waals surface area contributed by atoms with Crippen molar-refractivity contribution in [1.29, 1.82) is 0 Å². The van der Waals surface area contributed by atoms with Crippen LogP contribution in [-0.2, 0) is 19.1 Å². The molecule has 5 heteroatoms. The first-order valence-corrected chi connectivity index (χ1v) is 9.72. The van der Waals surface area contributed by atoms with Gasteiger partial charge in [-0.2, -0.15) is 0 Å². The molecule has 25 heavy (non-hydrogen) atoms. The molecule has 0 aliphatic carbocycles. The van der Waals surface area contributed by atoms with Gasteiger partial charge in [0.1, 0.15) is 11.4 Å². The molecule has 144 valence electrons. The van der Waals surface area contributed by atoms with E-state index in [1.165, 1.54) is 0 Å². The third-order valence-electron chi connectivity index (χ3n) is 5.90. The zero-order valence-electron chi connectivity index (χ0n) is 16.2. The van der Waals surface area contributed by atoms with Gasteiger partial charge >= 0.3 is 5.97 Å². The van der Waals surface area contributed by atoms with E-state index >= 15 is 0 Å². The van der Waals surface area contributed by atoms with E-state index < -0.39 is 11.6 Å². The first-order chi connectivity index (χ1) is 11.7. The van der Waals surface area contributed by atoms with Crippen molar-refractivity contribution in [2.24, 2.45) is 11.8 Å². The van der Waals surface area contributed by atoms with Crippen LogP contribution >= 0.6 is 0 Å². The molecule has 5 nitrogen and oxygen atoms in total. The first-order valence-electron chi connectivity index (χ1n) is 9.72. The van der Waals surface area contributed by atoms with Gasteiger partial charge in [-0.1, -0.05) is 20.8 Å². The van der Waals surface area contributed by atoms with Gasteiger partial charge in [0.25, 0.3) is 0 Å². The number of hydrogen-bond acceptors (Lipinski definition) is 4. The molecule has 2 bridgehead atoms. The molecule has 0 aromatic carbocycles. The minimum Gasteiger partial charge on any atom is -0.481 e. The lowest BCUT2D eigenvalue weighted by Gasteiger charge is -2.44. The number of carboxylic acids is 1. The smallest absolute Gasteiger partial charge is 0.306 e. The molecule has 0 aromatic rings. The molecule has 0 spiro atoms. The Labute approximate surface area is 151 Å². The monoisotopic (exact) mass is 354 g/mol. The number of fused-ring (bicyclic) bond motifs is 2. The van der Waals surface area contributed by atoms with Crippen molar-refractivity contribution in [3.8, 4) is 0 Å². The number of carboxylic acid groups (broad SMARTS) is 1. The molecule has 2 saturated heterocycles. The second kappa shape index (κ2) is 8.17. The lowest BCUT2D eigenvalue weighted by Crippen LogP contribution is -2.53. The lowest BCUT2D eigenvalue weighted by atomic mass is 9.87. The Balaban J connectivity index is 1.78. The third-order valence-corrected chi connectivity index (χ3v) is 5.90. The van der Waals surface area contributed by atoms with E-state index in [0.29, 0.717) is 24.7 Å². The Morgan fingerprint density at radius 1 is 1.24 bits per heavy atom. The number of rotatable bonds is 10. The van der Waals surface area contributed by atoms with Crippen molar-refractivity contribution >= 4 is 11.8 Å². The maximum atomic E-state index is 12.2. The Bertz CT molecular complexity index is 488. The number of hydrogen-bond donors (Lipinski definition) is 1. The number of carbonyl (C=O) groups excluding carboxylic acids is 1. The predicted molar refractivity (Wildman–Crippen MR) is 95.5 cm³/mol. The van der Waals surface area contributed by atoms with Crippen LogP contribution < -0.4 is 0 Å². The molecule has 1 N–H and O–H groups in total. The maximum absolute atomic E-state index is 12.2. The van der Waals surface area contributed by atoms with Gasteiger partial charge in [0.15, 0.2) is 0 Å². The van der Waals surface area contributed by atoms with Crippen LogP contribution in [0.5, 0.6) is 0 Å². The van der Waals surface area contributed by atoms with Gasteiger partial charge in [-0.15, -0.1) is 0 Å². The second-order valence-electron chi connectivity index (χ2n) is 8.69. The van der Waals surface area contributed by atoms with Crippen LogP contribution in [0.1, 0.15) is 79.1 Å². The largest absolute Gasteiger partial charge is 0.481 e. The lowest BCUT2D eigenvalue weighted by molar-refractivity contribution is -0.242. The highest BCUT2D eigenvalue weighted by atomic mass is 16.6. The molecule has 0 saturated carbocycles. The van der Waals surface area contributed by atoms with Crippen molar-refractivity contribution in [1.82, 2.24) is 0 Å². The molecular formula is C20H34O5. The van der Waals surface area contributed by atoms with Gasteiger partial charge in [0, 0.05) is 12.3 Å². The maximum Gasteiger partial charge on any atom is 0.306 e. The molecule has 1 unspecified atom stereocenters. The zero-order chi connectivity index (χ0) is 18.7.